The van der Waals surface area contributed by atoms with E-state index in [0.717, 1.165) is 11.8 Å². The molecule has 7 nitrogen and oxygen atoms in total. The lowest BCUT2D eigenvalue weighted by molar-refractivity contribution is -0.113. The molecule has 2 aliphatic rings. The predicted octanol–water partition coefficient (Wildman–Crippen LogP) is 6.85. The van der Waals surface area contributed by atoms with Crippen LogP contribution >= 0.6 is 35.6 Å². The number of carbonyl (C=O) groups excluding carboxylic acids is 2. The van der Waals surface area contributed by atoms with Crippen LogP contribution in [0.15, 0.2) is 131 Å². The van der Waals surface area contributed by atoms with Crippen LogP contribution in [0.3, 0.4) is 0 Å². The molecule has 4 aromatic carbocycles. The molecule has 0 atom stereocenters. The number of halogens is 1. The molecule has 0 spiro atoms. The summed E-state index contributed by atoms with van der Waals surface area (Å²) in [4.78, 5) is 30.8. The van der Waals surface area contributed by atoms with Crippen molar-refractivity contribution in [3.05, 3.63) is 131 Å². The number of nitrogens with one attached hydrogen (secondary N) is 1. The number of nitrogens with zero attached hydrogens (tertiary/aromatic N) is 4. The van der Waals surface area contributed by atoms with Crippen LogP contribution in [-0.2, 0) is 9.59 Å². The number of benzene rings is 4. The van der Waals surface area contributed by atoms with Crippen LogP contribution < -0.4 is 20.1 Å². The van der Waals surface area contributed by atoms with Crippen molar-refractivity contribution in [2.45, 2.75) is 0 Å². The second kappa shape index (κ2) is 11.0. The van der Waals surface area contributed by atoms with Gasteiger partial charge in [-0.2, -0.15) is 5.10 Å². The maximum absolute atomic E-state index is 14.2. The van der Waals surface area contributed by atoms with Gasteiger partial charge in [-0.15, -0.1) is 0 Å². The van der Waals surface area contributed by atoms with Crippen molar-refractivity contribution >= 4 is 80.3 Å². The highest BCUT2D eigenvalue weighted by atomic mass is 35.5. The number of hydrogen-bond donors (Lipinski definition) is 1. The molecule has 6 rings (SSSR count). The van der Waals surface area contributed by atoms with Crippen LogP contribution in [0, 0.1) is 0 Å². The monoisotopic (exact) mass is 581 g/mol. The summed E-state index contributed by atoms with van der Waals surface area (Å²) in [5.74, 6) is -0.730. The number of amides is 2. The number of rotatable bonds is 5. The summed E-state index contributed by atoms with van der Waals surface area (Å²) < 4.78 is 0. The molecule has 0 aliphatic carbocycles. The van der Waals surface area contributed by atoms with E-state index in [4.69, 9.17) is 23.8 Å². The summed E-state index contributed by atoms with van der Waals surface area (Å²) in [5.41, 5.74) is 2.89. The van der Waals surface area contributed by atoms with Gasteiger partial charge in [-0.3, -0.25) is 19.4 Å². The fourth-order valence-corrected chi connectivity index (χ4v) is 5.76. The summed E-state index contributed by atoms with van der Waals surface area (Å²) >= 11 is 13.2. The maximum Gasteiger partial charge on any atom is 0.284 e. The van der Waals surface area contributed by atoms with Crippen LogP contribution in [0.2, 0.25) is 5.02 Å². The van der Waals surface area contributed by atoms with Gasteiger partial charge in [-0.1, -0.05) is 66.2 Å². The van der Waals surface area contributed by atoms with Gasteiger partial charge in [0.05, 0.1) is 11.4 Å². The van der Waals surface area contributed by atoms with Gasteiger partial charge in [0, 0.05) is 16.4 Å². The summed E-state index contributed by atoms with van der Waals surface area (Å²) in [6, 6.07) is 34.8. The minimum absolute atomic E-state index is 0.172. The SMILES string of the molecule is O=C(Nc1ccccc1)C1=NN(c2ccc(Cl)cc2)C(=C2C(=O)N(c3ccccc3)C(=S)N2c2ccccc2)S1. The normalized spacial score (nSPS) is 16.9. The maximum atomic E-state index is 14.2. The molecule has 40 heavy (non-hydrogen) atoms. The van der Waals surface area contributed by atoms with Crippen molar-refractivity contribution < 1.29 is 9.59 Å². The van der Waals surface area contributed by atoms with Crippen molar-refractivity contribution in [2.75, 3.05) is 20.1 Å². The lowest BCUT2D eigenvalue weighted by atomic mass is 10.2. The lowest BCUT2D eigenvalue weighted by Crippen LogP contribution is -2.32. The molecule has 1 N–H and O–H groups in total. The Hall–Kier alpha value is -4.44. The first-order valence-corrected chi connectivity index (χ1v) is 13.8. The standard InChI is InChI=1S/C30H20ClN5O2S2/c31-20-16-18-24(19-17-20)36-29(40-27(33-36)26(37)32-21-10-4-1-5-11-21)25-28(38)35(23-14-8-3-9-15-23)30(39)34(25)22-12-6-2-7-13-22/h1-19H,(H,32,37). The molecule has 0 radical (unpaired) electrons. The molecule has 0 aromatic heterocycles. The molecule has 0 unspecified atom stereocenters. The van der Waals surface area contributed by atoms with Gasteiger partial charge >= 0.3 is 0 Å². The Kier molecular flexibility index (Phi) is 7.08. The Morgan fingerprint density at radius 1 is 0.750 bits per heavy atom. The molecule has 0 saturated carbocycles. The highest BCUT2D eigenvalue weighted by Crippen LogP contribution is 2.43. The number of thiocarbonyl (C=S) groups is 1. The zero-order valence-electron chi connectivity index (χ0n) is 20.8. The average molecular weight is 582 g/mol. The van der Waals surface area contributed by atoms with Gasteiger partial charge in [0.1, 0.15) is 10.7 Å². The Morgan fingerprint density at radius 2 is 1.30 bits per heavy atom. The molecule has 196 valence electrons. The van der Waals surface area contributed by atoms with E-state index in [1.54, 1.807) is 46.3 Å². The number of para-hydroxylation sites is 3. The minimum atomic E-state index is -0.398. The molecule has 1 saturated heterocycles. The topological polar surface area (TPSA) is 68.2 Å². The molecule has 10 heteroatoms. The predicted molar refractivity (Wildman–Crippen MR) is 167 cm³/mol. The van der Waals surface area contributed by atoms with Crippen LogP contribution in [-0.4, -0.2) is 22.0 Å². The van der Waals surface area contributed by atoms with E-state index in [2.05, 4.69) is 10.4 Å². The van der Waals surface area contributed by atoms with E-state index >= 15 is 0 Å². The van der Waals surface area contributed by atoms with Gasteiger partial charge < -0.3 is 5.32 Å². The van der Waals surface area contributed by atoms with Gasteiger partial charge in [0.15, 0.2) is 10.2 Å². The smallest absolute Gasteiger partial charge is 0.284 e. The number of anilines is 4. The molecular formula is C30H20ClN5O2S2. The van der Waals surface area contributed by atoms with E-state index < -0.39 is 5.91 Å². The van der Waals surface area contributed by atoms with E-state index in [1.807, 2.05) is 78.9 Å². The van der Waals surface area contributed by atoms with Crippen molar-refractivity contribution in [1.29, 1.82) is 0 Å². The second-order valence-electron chi connectivity index (χ2n) is 8.70. The summed E-state index contributed by atoms with van der Waals surface area (Å²) in [6.45, 7) is 0. The van der Waals surface area contributed by atoms with E-state index in [-0.39, 0.29) is 16.6 Å². The van der Waals surface area contributed by atoms with E-state index in [0.29, 0.717) is 37.9 Å². The average Bonchev–Trinajstić information content (AvgIpc) is 3.53. The van der Waals surface area contributed by atoms with E-state index in [1.165, 1.54) is 4.90 Å². The zero-order valence-corrected chi connectivity index (χ0v) is 23.2. The molecule has 2 heterocycles. The van der Waals surface area contributed by atoms with Crippen LogP contribution in [0.1, 0.15) is 0 Å². The Morgan fingerprint density at radius 3 is 1.90 bits per heavy atom. The fourth-order valence-electron chi connectivity index (χ4n) is 4.29. The number of hydrazone groups is 1. The summed E-state index contributed by atoms with van der Waals surface area (Å²) in [5, 5.41) is 10.6. The number of thioether (sulfide) groups is 1. The molecule has 2 aliphatic heterocycles. The van der Waals surface area contributed by atoms with Crippen LogP contribution in [0.5, 0.6) is 0 Å². The highest BCUT2D eigenvalue weighted by molar-refractivity contribution is 8.19. The van der Waals surface area contributed by atoms with Gasteiger partial charge in [0.25, 0.3) is 11.8 Å². The molecule has 1 fully saturated rings. The van der Waals surface area contributed by atoms with Gasteiger partial charge in [0.2, 0.25) is 0 Å². The molecule has 2 amide bonds. The lowest BCUT2D eigenvalue weighted by Gasteiger charge is -2.23. The Labute approximate surface area is 245 Å². The molecular weight excluding hydrogens is 562 g/mol. The third kappa shape index (κ3) is 4.86. The summed E-state index contributed by atoms with van der Waals surface area (Å²) in [7, 11) is 0. The van der Waals surface area contributed by atoms with Crippen LogP contribution in [0.4, 0.5) is 22.7 Å². The van der Waals surface area contributed by atoms with E-state index in [9.17, 15) is 9.59 Å². The van der Waals surface area contributed by atoms with Crippen molar-refractivity contribution in [3.8, 4) is 0 Å². The Bertz CT molecular complexity index is 1660. The van der Waals surface area contributed by atoms with Crippen molar-refractivity contribution in [3.63, 3.8) is 0 Å². The quantitative estimate of drug-likeness (QED) is 0.205. The van der Waals surface area contributed by atoms with Gasteiger partial charge in [-0.05, 0) is 84.6 Å². The largest absolute Gasteiger partial charge is 0.320 e. The minimum Gasteiger partial charge on any atom is -0.320 e. The zero-order chi connectivity index (χ0) is 27.6. The first-order valence-electron chi connectivity index (χ1n) is 12.2. The molecule has 4 aromatic rings. The number of carbonyl (C=O) groups is 2. The van der Waals surface area contributed by atoms with Gasteiger partial charge in [-0.25, -0.2) is 5.01 Å². The first-order chi connectivity index (χ1) is 19.5. The van der Waals surface area contributed by atoms with Crippen LogP contribution in [0.25, 0.3) is 0 Å². The third-order valence-electron chi connectivity index (χ3n) is 6.12. The Balaban J connectivity index is 1.49. The molecule has 0 bridgehead atoms. The van der Waals surface area contributed by atoms with Crippen molar-refractivity contribution in [2.24, 2.45) is 5.10 Å². The first kappa shape index (κ1) is 25.8. The third-order valence-corrected chi connectivity index (χ3v) is 7.75. The fraction of sp³-hybridized carbons (Fsp3) is 0. The highest BCUT2D eigenvalue weighted by Gasteiger charge is 2.45. The summed E-state index contributed by atoms with van der Waals surface area (Å²) in [6.07, 6.45) is 0. The van der Waals surface area contributed by atoms with Crippen molar-refractivity contribution in [1.82, 2.24) is 0 Å². The second-order valence-corrected chi connectivity index (χ2v) is 10.5. The number of hydrogen-bond acceptors (Lipinski definition) is 6.